The van der Waals surface area contributed by atoms with E-state index < -0.39 is 27.4 Å². The Hall–Kier alpha value is -2.94. The molecule has 1 atom stereocenters. The number of halogens is 1. The second-order valence-corrected chi connectivity index (χ2v) is 11.2. The number of sulfonamides is 1. The van der Waals surface area contributed by atoms with Crippen molar-refractivity contribution in [3.05, 3.63) is 66.0 Å². The van der Waals surface area contributed by atoms with E-state index in [-0.39, 0.29) is 37.7 Å². The highest BCUT2D eigenvalue weighted by molar-refractivity contribution is 7.92. The molecule has 2 aromatic carbocycles. The van der Waals surface area contributed by atoms with Crippen LogP contribution in [-0.4, -0.2) is 49.5 Å². The number of amides is 2. The number of nitrogens with one attached hydrogen (secondary N) is 1. The maximum Gasteiger partial charge on any atom is 0.242 e. The Morgan fingerprint density at radius 3 is 2.18 bits per heavy atom. The first-order valence-electron chi connectivity index (χ1n) is 11.2. The van der Waals surface area contributed by atoms with E-state index >= 15 is 0 Å². The van der Waals surface area contributed by atoms with Gasteiger partial charge in [0.25, 0.3) is 0 Å². The molecular weight excluding hydrogens is 457 g/mol. The highest BCUT2D eigenvalue weighted by Gasteiger charge is 2.29. The van der Waals surface area contributed by atoms with Crippen molar-refractivity contribution in [3.8, 4) is 0 Å². The molecule has 9 heteroatoms. The van der Waals surface area contributed by atoms with Crippen LogP contribution >= 0.6 is 0 Å². The van der Waals surface area contributed by atoms with Gasteiger partial charge in [-0.05, 0) is 52.3 Å². The number of para-hydroxylation sites is 1. The Morgan fingerprint density at radius 2 is 1.62 bits per heavy atom. The lowest BCUT2D eigenvalue weighted by Gasteiger charge is -2.32. The normalized spacial score (nSPS) is 12.6. The van der Waals surface area contributed by atoms with Crippen LogP contribution in [0.5, 0.6) is 0 Å². The van der Waals surface area contributed by atoms with Gasteiger partial charge in [-0.15, -0.1) is 0 Å². The molecule has 0 heterocycles. The first kappa shape index (κ1) is 27.3. The van der Waals surface area contributed by atoms with E-state index in [0.29, 0.717) is 11.3 Å². The molecule has 0 fully saturated rings. The Kier molecular flexibility index (Phi) is 9.21. The Morgan fingerprint density at radius 1 is 1.03 bits per heavy atom. The average molecular weight is 492 g/mol. The van der Waals surface area contributed by atoms with E-state index in [0.717, 1.165) is 6.26 Å². The topological polar surface area (TPSA) is 86.8 Å². The zero-order valence-corrected chi connectivity index (χ0v) is 21.2. The summed E-state index contributed by atoms with van der Waals surface area (Å²) in [4.78, 5) is 27.3. The third-order valence-corrected chi connectivity index (χ3v) is 6.35. The molecule has 0 saturated carbocycles. The van der Waals surface area contributed by atoms with Crippen molar-refractivity contribution in [2.24, 2.45) is 0 Å². The standard InChI is InChI=1S/C25H34FN3O4S/c1-19(24(31)27-25(2,3)4)28(18-20-12-9-10-15-22(20)26)23(30)16-11-17-29(34(5,32)33)21-13-7-6-8-14-21/h6-10,12-15,19H,11,16-18H2,1-5H3,(H,27,31)/t19-/m0/s1. The van der Waals surface area contributed by atoms with Crippen LogP contribution in [0.25, 0.3) is 0 Å². The molecule has 0 aliphatic rings. The van der Waals surface area contributed by atoms with Crippen LogP contribution in [0, 0.1) is 5.82 Å². The molecule has 2 amide bonds. The lowest BCUT2D eigenvalue weighted by molar-refractivity contribution is -0.141. The molecule has 1 N–H and O–H groups in total. The lowest BCUT2D eigenvalue weighted by Crippen LogP contribution is -2.52. The van der Waals surface area contributed by atoms with Crippen LogP contribution in [0.15, 0.2) is 54.6 Å². The van der Waals surface area contributed by atoms with E-state index in [4.69, 9.17) is 0 Å². The molecule has 186 valence electrons. The Labute approximate surface area is 202 Å². The monoisotopic (exact) mass is 491 g/mol. The molecule has 2 aromatic rings. The smallest absolute Gasteiger partial charge is 0.242 e. The summed E-state index contributed by atoms with van der Waals surface area (Å²) in [5.41, 5.74) is 0.316. The summed E-state index contributed by atoms with van der Waals surface area (Å²) < 4.78 is 40.1. The van der Waals surface area contributed by atoms with Crippen LogP contribution in [0.3, 0.4) is 0 Å². The van der Waals surface area contributed by atoms with Crippen molar-refractivity contribution in [1.82, 2.24) is 10.2 Å². The van der Waals surface area contributed by atoms with Crippen molar-refractivity contribution >= 4 is 27.5 Å². The van der Waals surface area contributed by atoms with Crippen molar-refractivity contribution < 1.29 is 22.4 Å². The second-order valence-electron chi connectivity index (χ2n) is 9.30. The third kappa shape index (κ3) is 8.13. The third-order valence-electron chi connectivity index (χ3n) is 5.16. The van der Waals surface area contributed by atoms with Crippen molar-refractivity contribution in [2.45, 2.75) is 58.7 Å². The molecule has 0 bridgehead atoms. The molecule has 2 rings (SSSR count). The van der Waals surface area contributed by atoms with Gasteiger partial charge in [0.1, 0.15) is 11.9 Å². The summed E-state index contributed by atoms with van der Waals surface area (Å²) in [6.07, 6.45) is 1.35. The number of hydrogen-bond acceptors (Lipinski definition) is 4. The summed E-state index contributed by atoms with van der Waals surface area (Å²) in [5.74, 6) is -1.17. The fourth-order valence-electron chi connectivity index (χ4n) is 3.46. The summed E-state index contributed by atoms with van der Waals surface area (Å²) in [5, 5.41) is 2.86. The van der Waals surface area contributed by atoms with Crippen LogP contribution in [-0.2, 0) is 26.2 Å². The van der Waals surface area contributed by atoms with Crippen molar-refractivity contribution in [3.63, 3.8) is 0 Å². The maximum absolute atomic E-state index is 14.3. The van der Waals surface area contributed by atoms with Crippen molar-refractivity contribution in [2.75, 3.05) is 17.1 Å². The molecule has 7 nitrogen and oxygen atoms in total. The number of benzene rings is 2. The van der Waals surface area contributed by atoms with Gasteiger partial charge in [-0.1, -0.05) is 36.4 Å². The lowest BCUT2D eigenvalue weighted by atomic mass is 10.1. The van der Waals surface area contributed by atoms with Gasteiger partial charge in [-0.3, -0.25) is 13.9 Å². The number of nitrogens with zero attached hydrogens (tertiary/aromatic N) is 2. The minimum atomic E-state index is -3.55. The summed E-state index contributed by atoms with van der Waals surface area (Å²) in [6, 6.07) is 13.9. The average Bonchev–Trinajstić information content (AvgIpc) is 2.74. The quantitative estimate of drug-likeness (QED) is 0.549. The van der Waals surface area contributed by atoms with Crippen LogP contribution in [0.1, 0.15) is 46.1 Å². The van der Waals surface area contributed by atoms with E-state index in [2.05, 4.69) is 5.32 Å². The van der Waals surface area contributed by atoms with Gasteiger partial charge >= 0.3 is 0 Å². The molecule has 0 aliphatic heterocycles. The summed E-state index contributed by atoms with van der Waals surface area (Å²) in [6.45, 7) is 7.15. The van der Waals surface area contributed by atoms with Crippen molar-refractivity contribution in [1.29, 1.82) is 0 Å². The maximum atomic E-state index is 14.3. The van der Waals surface area contributed by atoms with Crippen LogP contribution < -0.4 is 9.62 Å². The molecule has 0 spiro atoms. The van der Waals surface area contributed by atoms with Gasteiger partial charge in [-0.25, -0.2) is 12.8 Å². The fraction of sp³-hybridized carbons (Fsp3) is 0.440. The first-order valence-corrected chi connectivity index (χ1v) is 13.0. The van der Waals surface area contributed by atoms with E-state index in [1.165, 1.54) is 15.3 Å². The first-order chi connectivity index (χ1) is 15.8. The van der Waals surface area contributed by atoms with Gasteiger partial charge in [0.15, 0.2) is 0 Å². The van der Waals surface area contributed by atoms with Gasteiger partial charge in [0, 0.05) is 30.6 Å². The summed E-state index contributed by atoms with van der Waals surface area (Å²) in [7, 11) is -3.55. The Bertz CT molecular complexity index is 1080. The number of rotatable bonds is 10. The molecule has 0 radical (unpaired) electrons. The molecule has 0 aromatic heterocycles. The molecule has 0 saturated heterocycles. The summed E-state index contributed by atoms with van der Waals surface area (Å²) >= 11 is 0. The predicted octanol–water partition coefficient (Wildman–Crippen LogP) is 3.70. The number of hydrogen-bond donors (Lipinski definition) is 1. The number of anilines is 1. The number of carbonyl (C=O) groups is 2. The van der Waals surface area contributed by atoms with Crippen LogP contribution in [0.2, 0.25) is 0 Å². The fourth-order valence-corrected chi connectivity index (χ4v) is 4.43. The SMILES string of the molecule is C[C@@H](C(=O)NC(C)(C)C)N(Cc1ccccc1F)C(=O)CCCN(c1ccccc1)S(C)(=O)=O. The zero-order chi connectivity index (χ0) is 25.5. The minimum absolute atomic E-state index is 0.000441. The van der Waals surface area contributed by atoms with Gasteiger partial charge < -0.3 is 10.2 Å². The highest BCUT2D eigenvalue weighted by atomic mass is 32.2. The van der Waals surface area contributed by atoms with Gasteiger partial charge in [0.05, 0.1) is 11.9 Å². The second kappa shape index (κ2) is 11.5. The minimum Gasteiger partial charge on any atom is -0.350 e. The molecule has 0 unspecified atom stereocenters. The number of carbonyl (C=O) groups excluding carboxylic acids is 2. The van der Waals surface area contributed by atoms with E-state index in [1.807, 2.05) is 20.8 Å². The van der Waals surface area contributed by atoms with E-state index in [9.17, 15) is 22.4 Å². The predicted molar refractivity (Wildman–Crippen MR) is 132 cm³/mol. The molecule has 34 heavy (non-hydrogen) atoms. The van der Waals surface area contributed by atoms with Crippen LogP contribution in [0.4, 0.5) is 10.1 Å². The largest absolute Gasteiger partial charge is 0.350 e. The van der Waals surface area contributed by atoms with E-state index in [1.54, 1.807) is 55.5 Å². The molecular formula is C25H34FN3O4S. The van der Waals surface area contributed by atoms with Gasteiger partial charge in [0.2, 0.25) is 21.8 Å². The Balaban J connectivity index is 2.18. The molecule has 0 aliphatic carbocycles. The highest BCUT2D eigenvalue weighted by Crippen LogP contribution is 2.19. The van der Waals surface area contributed by atoms with Gasteiger partial charge in [-0.2, -0.15) is 0 Å². The zero-order valence-electron chi connectivity index (χ0n) is 20.4.